The van der Waals surface area contributed by atoms with E-state index < -0.39 is 23.7 Å². The molecule has 2 aromatic rings. The van der Waals surface area contributed by atoms with Crippen molar-refractivity contribution in [2.24, 2.45) is 0 Å². The number of hydrogen-bond donors (Lipinski definition) is 3. The first-order chi connectivity index (χ1) is 11.0. The molecule has 0 aliphatic heterocycles. The molecule has 23 heavy (non-hydrogen) atoms. The standard InChI is InChI=1S/C16H16FN3O3/c17-12-3-5-13(6-4-12)20-15(21)8-14(16(22)23)19-10-11-2-1-7-18-9-11/h1-7,9,14,19H,8,10H2,(H,20,21)(H,22,23)/t14-/m1/s1. The van der Waals surface area contributed by atoms with Crippen LogP contribution in [-0.4, -0.2) is 28.0 Å². The minimum atomic E-state index is -1.12. The summed E-state index contributed by atoms with van der Waals surface area (Å²) >= 11 is 0. The van der Waals surface area contributed by atoms with Gasteiger partial charge in [0.25, 0.3) is 0 Å². The summed E-state index contributed by atoms with van der Waals surface area (Å²) in [5.41, 5.74) is 1.23. The predicted octanol–water partition coefficient (Wildman–Crippen LogP) is 1.79. The van der Waals surface area contributed by atoms with E-state index in [0.29, 0.717) is 5.69 Å². The Balaban J connectivity index is 1.89. The molecule has 1 aromatic carbocycles. The Morgan fingerprint density at radius 3 is 2.57 bits per heavy atom. The number of aromatic nitrogens is 1. The van der Waals surface area contributed by atoms with Crippen LogP contribution in [-0.2, 0) is 16.1 Å². The van der Waals surface area contributed by atoms with Crippen LogP contribution in [0.25, 0.3) is 0 Å². The van der Waals surface area contributed by atoms with Gasteiger partial charge in [0.2, 0.25) is 5.91 Å². The van der Waals surface area contributed by atoms with Crippen LogP contribution < -0.4 is 10.6 Å². The molecule has 2 rings (SSSR count). The second kappa shape index (κ2) is 8.00. The summed E-state index contributed by atoms with van der Waals surface area (Å²) < 4.78 is 12.8. The number of carboxylic acids is 1. The number of nitrogens with zero attached hydrogens (tertiary/aromatic N) is 1. The minimum Gasteiger partial charge on any atom is -0.480 e. The Morgan fingerprint density at radius 1 is 1.22 bits per heavy atom. The van der Waals surface area contributed by atoms with Crippen LogP contribution >= 0.6 is 0 Å². The smallest absolute Gasteiger partial charge is 0.321 e. The van der Waals surface area contributed by atoms with Crippen molar-refractivity contribution in [1.29, 1.82) is 0 Å². The SMILES string of the molecule is O=C(C[C@@H](NCc1cccnc1)C(=O)O)Nc1ccc(F)cc1. The molecule has 0 saturated carbocycles. The Bertz CT molecular complexity index is 662. The third-order valence-corrected chi connectivity index (χ3v) is 3.09. The fourth-order valence-corrected chi connectivity index (χ4v) is 1.92. The Hall–Kier alpha value is -2.80. The molecule has 0 aliphatic carbocycles. The van der Waals surface area contributed by atoms with Gasteiger partial charge in [-0.3, -0.25) is 19.9 Å². The quantitative estimate of drug-likeness (QED) is 0.724. The van der Waals surface area contributed by atoms with Crippen LogP contribution in [0.3, 0.4) is 0 Å². The Kier molecular flexibility index (Phi) is 5.76. The van der Waals surface area contributed by atoms with Gasteiger partial charge in [-0.15, -0.1) is 0 Å². The first-order valence-electron chi connectivity index (χ1n) is 6.95. The second-order valence-electron chi connectivity index (χ2n) is 4.89. The maximum absolute atomic E-state index is 12.8. The van der Waals surface area contributed by atoms with Gasteiger partial charge in [0, 0.05) is 24.6 Å². The zero-order valence-corrected chi connectivity index (χ0v) is 12.2. The van der Waals surface area contributed by atoms with Crippen molar-refractivity contribution in [3.05, 3.63) is 60.2 Å². The summed E-state index contributed by atoms with van der Waals surface area (Å²) in [6, 6.07) is 7.76. The number of carbonyl (C=O) groups is 2. The van der Waals surface area contributed by atoms with Crippen molar-refractivity contribution in [2.75, 3.05) is 5.32 Å². The molecule has 3 N–H and O–H groups in total. The zero-order chi connectivity index (χ0) is 16.7. The van der Waals surface area contributed by atoms with E-state index in [2.05, 4.69) is 15.6 Å². The summed E-state index contributed by atoms with van der Waals surface area (Å²) in [4.78, 5) is 27.1. The van der Waals surface area contributed by atoms with Crippen molar-refractivity contribution >= 4 is 17.6 Å². The summed E-state index contributed by atoms with van der Waals surface area (Å²) in [5, 5.41) is 14.5. The molecular weight excluding hydrogens is 301 g/mol. The molecule has 6 nitrogen and oxygen atoms in total. The van der Waals surface area contributed by atoms with Crippen molar-refractivity contribution in [1.82, 2.24) is 10.3 Å². The predicted molar refractivity (Wildman–Crippen MR) is 82.1 cm³/mol. The molecule has 7 heteroatoms. The molecule has 0 radical (unpaired) electrons. The van der Waals surface area contributed by atoms with Gasteiger partial charge in [0.15, 0.2) is 0 Å². The van der Waals surface area contributed by atoms with Crippen molar-refractivity contribution in [3.8, 4) is 0 Å². The van der Waals surface area contributed by atoms with Gasteiger partial charge < -0.3 is 10.4 Å². The van der Waals surface area contributed by atoms with Crippen LogP contribution in [0.1, 0.15) is 12.0 Å². The van der Waals surface area contributed by atoms with E-state index in [-0.39, 0.29) is 13.0 Å². The first-order valence-corrected chi connectivity index (χ1v) is 6.95. The van der Waals surface area contributed by atoms with E-state index in [1.54, 1.807) is 24.5 Å². The largest absolute Gasteiger partial charge is 0.480 e. The molecule has 1 heterocycles. The fourth-order valence-electron chi connectivity index (χ4n) is 1.92. The fraction of sp³-hybridized carbons (Fsp3) is 0.188. The number of halogens is 1. The maximum Gasteiger partial charge on any atom is 0.321 e. The number of rotatable bonds is 7. The van der Waals surface area contributed by atoms with Crippen molar-refractivity contribution in [2.45, 2.75) is 19.0 Å². The second-order valence-corrected chi connectivity index (χ2v) is 4.89. The van der Waals surface area contributed by atoms with Gasteiger partial charge >= 0.3 is 5.97 Å². The molecule has 0 bridgehead atoms. The highest BCUT2D eigenvalue weighted by Gasteiger charge is 2.20. The van der Waals surface area contributed by atoms with Crippen molar-refractivity contribution in [3.63, 3.8) is 0 Å². The molecular formula is C16H16FN3O3. The molecule has 0 fully saturated rings. The van der Waals surface area contributed by atoms with E-state index in [1.807, 2.05) is 0 Å². The van der Waals surface area contributed by atoms with Gasteiger partial charge in [-0.2, -0.15) is 0 Å². The average Bonchev–Trinajstić information content (AvgIpc) is 2.54. The number of carboxylic acid groups (broad SMARTS) is 1. The van der Waals surface area contributed by atoms with Crippen LogP contribution in [0, 0.1) is 5.82 Å². The number of aliphatic carboxylic acids is 1. The lowest BCUT2D eigenvalue weighted by Crippen LogP contribution is -2.39. The van der Waals surface area contributed by atoms with Crippen molar-refractivity contribution < 1.29 is 19.1 Å². The van der Waals surface area contributed by atoms with E-state index in [1.165, 1.54) is 24.3 Å². The third-order valence-electron chi connectivity index (χ3n) is 3.09. The lowest BCUT2D eigenvalue weighted by molar-refractivity contribution is -0.141. The molecule has 0 saturated heterocycles. The minimum absolute atomic E-state index is 0.243. The number of pyridine rings is 1. The first kappa shape index (κ1) is 16.6. The van der Waals surface area contributed by atoms with Gasteiger partial charge in [-0.25, -0.2) is 4.39 Å². The number of benzene rings is 1. The maximum atomic E-state index is 12.8. The van der Waals surface area contributed by atoms with Crippen LogP contribution in [0.5, 0.6) is 0 Å². The lowest BCUT2D eigenvalue weighted by Gasteiger charge is -2.14. The molecule has 120 valence electrons. The highest BCUT2D eigenvalue weighted by atomic mass is 19.1. The number of hydrogen-bond acceptors (Lipinski definition) is 4. The number of anilines is 1. The zero-order valence-electron chi connectivity index (χ0n) is 12.2. The van der Waals surface area contributed by atoms with Gasteiger partial charge in [0.1, 0.15) is 11.9 Å². The number of nitrogens with one attached hydrogen (secondary N) is 2. The molecule has 1 atom stereocenters. The number of amides is 1. The molecule has 0 aliphatic rings. The number of carbonyl (C=O) groups excluding carboxylic acids is 1. The Labute approximate surface area is 132 Å². The summed E-state index contributed by atoms with van der Waals surface area (Å²) in [6.07, 6.45) is 2.99. The van der Waals surface area contributed by atoms with Crippen LogP contribution in [0.2, 0.25) is 0 Å². The van der Waals surface area contributed by atoms with Crippen LogP contribution in [0.15, 0.2) is 48.8 Å². The summed E-state index contributed by atoms with van der Waals surface area (Å²) in [6.45, 7) is 0.286. The highest BCUT2D eigenvalue weighted by molar-refractivity contribution is 5.94. The third kappa shape index (κ3) is 5.48. The van der Waals surface area contributed by atoms with Crippen LogP contribution in [0.4, 0.5) is 10.1 Å². The Morgan fingerprint density at radius 2 is 1.96 bits per heavy atom. The lowest BCUT2D eigenvalue weighted by atomic mass is 10.1. The highest BCUT2D eigenvalue weighted by Crippen LogP contribution is 2.09. The van der Waals surface area contributed by atoms with E-state index in [9.17, 15) is 19.1 Å². The van der Waals surface area contributed by atoms with Gasteiger partial charge in [-0.05, 0) is 35.9 Å². The molecule has 0 spiro atoms. The normalized spacial score (nSPS) is 11.7. The molecule has 0 unspecified atom stereocenters. The molecule has 1 aromatic heterocycles. The summed E-state index contributed by atoms with van der Waals surface area (Å²) in [7, 11) is 0. The monoisotopic (exact) mass is 317 g/mol. The van der Waals surface area contributed by atoms with Gasteiger partial charge in [0.05, 0.1) is 6.42 Å². The summed E-state index contributed by atoms with van der Waals surface area (Å²) in [5.74, 6) is -2.00. The van der Waals surface area contributed by atoms with E-state index in [0.717, 1.165) is 5.56 Å². The van der Waals surface area contributed by atoms with E-state index >= 15 is 0 Å². The average molecular weight is 317 g/mol. The van der Waals surface area contributed by atoms with E-state index in [4.69, 9.17) is 0 Å². The topological polar surface area (TPSA) is 91.3 Å². The van der Waals surface area contributed by atoms with Gasteiger partial charge in [-0.1, -0.05) is 6.07 Å². The molecule has 1 amide bonds.